The first-order chi connectivity index (χ1) is 4.69. The lowest BCUT2D eigenvalue weighted by Gasteiger charge is -2.22. The van der Waals surface area contributed by atoms with E-state index in [1.54, 1.807) is 0 Å². The van der Waals surface area contributed by atoms with Crippen LogP contribution in [0, 0.1) is 5.92 Å². The molecule has 68 valence electrons. The van der Waals surface area contributed by atoms with Crippen LogP contribution in [0.1, 0.15) is 6.92 Å². The van der Waals surface area contributed by atoms with Gasteiger partial charge in [-0.05, 0) is 0 Å². The minimum absolute atomic E-state index is 0.0464. The summed E-state index contributed by atoms with van der Waals surface area (Å²) in [6, 6.07) is 0. The topological polar surface area (TPSA) is 0 Å². The molecule has 0 aromatic heterocycles. The van der Waals surface area contributed by atoms with Crippen LogP contribution in [0.15, 0.2) is 0 Å². The maximum atomic E-state index is 11.9. The second kappa shape index (κ2) is 2.91. The fraction of sp³-hybridized carbons (Fsp3) is 1.00. The Bertz CT molecular complexity index is 106. The number of halogens is 6. The van der Waals surface area contributed by atoms with Crippen molar-refractivity contribution in [3.05, 3.63) is 0 Å². The molecule has 0 aliphatic rings. The van der Waals surface area contributed by atoms with Crippen LogP contribution in [-0.2, 0) is 0 Å². The summed E-state index contributed by atoms with van der Waals surface area (Å²) in [5, 5.41) is 0. The van der Waals surface area contributed by atoms with E-state index in [2.05, 4.69) is 0 Å². The molecule has 0 bridgehead atoms. The Morgan fingerprint density at radius 2 is 1.45 bits per heavy atom. The molecule has 0 nitrogen and oxygen atoms in total. The molecular formula is C5H6F6. The van der Waals surface area contributed by atoms with E-state index < -0.39 is 24.7 Å². The fourth-order valence-electron chi connectivity index (χ4n) is 0.510. The lowest BCUT2D eigenvalue weighted by atomic mass is 10.0. The maximum Gasteiger partial charge on any atom is 0.400 e. The Hall–Kier alpha value is -0.420. The van der Waals surface area contributed by atoms with Crippen LogP contribution in [0.4, 0.5) is 26.3 Å². The summed E-state index contributed by atoms with van der Waals surface area (Å²) in [5.41, 5.74) is 0. The van der Waals surface area contributed by atoms with Crippen LogP contribution in [0.2, 0.25) is 0 Å². The Kier molecular flexibility index (Phi) is 2.79. The van der Waals surface area contributed by atoms with Gasteiger partial charge in [0.05, 0.1) is 0 Å². The van der Waals surface area contributed by atoms with E-state index in [1.807, 2.05) is 0 Å². The zero-order valence-electron chi connectivity index (χ0n) is 5.55. The van der Waals surface area contributed by atoms with E-state index in [4.69, 9.17) is 0 Å². The summed E-state index contributed by atoms with van der Waals surface area (Å²) in [6.45, 7) is -2.04. The van der Waals surface area contributed by atoms with Gasteiger partial charge in [-0.2, -0.15) is 13.2 Å². The summed E-state index contributed by atoms with van der Waals surface area (Å²) in [5.74, 6) is -7.23. The van der Waals surface area contributed by atoms with E-state index in [9.17, 15) is 26.3 Å². The number of rotatable bonds is 2. The lowest BCUT2D eigenvalue weighted by Crippen LogP contribution is -2.38. The second-order valence-electron chi connectivity index (χ2n) is 2.20. The molecule has 0 N–H and O–H groups in total. The lowest BCUT2D eigenvalue weighted by molar-refractivity contribution is -0.238. The monoisotopic (exact) mass is 180 g/mol. The molecule has 6 heteroatoms. The van der Waals surface area contributed by atoms with Crippen LogP contribution in [-0.4, -0.2) is 18.8 Å². The summed E-state index contributed by atoms with van der Waals surface area (Å²) in [7, 11) is 0. The van der Waals surface area contributed by atoms with Crippen molar-refractivity contribution in [3.63, 3.8) is 0 Å². The molecular weight excluding hydrogens is 174 g/mol. The van der Waals surface area contributed by atoms with Crippen molar-refractivity contribution in [2.45, 2.75) is 19.0 Å². The highest BCUT2D eigenvalue weighted by Gasteiger charge is 2.52. The quantitative estimate of drug-likeness (QED) is 0.573. The third-order valence-corrected chi connectivity index (χ3v) is 1.16. The van der Waals surface area contributed by atoms with Crippen molar-refractivity contribution in [3.8, 4) is 0 Å². The van der Waals surface area contributed by atoms with E-state index >= 15 is 0 Å². The minimum atomic E-state index is -5.17. The molecule has 0 saturated carbocycles. The van der Waals surface area contributed by atoms with Gasteiger partial charge in [0.1, 0.15) is 12.6 Å². The molecule has 0 heterocycles. The number of hydrogen-bond donors (Lipinski definition) is 0. The van der Waals surface area contributed by atoms with E-state index in [-0.39, 0.29) is 6.92 Å². The molecule has 0 saturated heterocycles. The van der Waals surface area contributed by atoms with Gasteiger partial charge in [0.25, 0.3) is 5.92 Å². The summed E-state index contributed by atoms with van der Waals surface area (Å²) in [6.07, 6.45) is -5.17. The van der Waals surface area contributed by atoms with Crippen LogP contribution in [0.5, 0.6) is 0 Å². The Labute approximate surface area is 59.2 Å². The van der Waals surface area contributed by atoms with Crippen molar-refractivity contribution in [2.24, 2.45) is 5.92 Å². The van der Waals surface area contributed by atoms with Crippen LogP contribution >= 0.6 is 0 Å². The van der Waals surface area contributed by atoms with Crippen molar-refractivity contribution >= 4 is 0 Å². The molecule has 0 radical (unpaired) electrons. The van der Waals surface area contributed by atoms with Crippen LogP contribution in [0.25, 0.3) is 0 Å². The molecule has 11 heavy (non-hydrogen) atoms. The van der Waals surface area contributed by atoms with Crippen LogP contribution < -0.4 is 0 Å². The number of hydrogen-bond acceptors (Lipinski definition) is 0. The first kappa shape index (κ1) is 10.6. The molecule has 1 atom stereocenters. The third kappa shape index (κ3) is 2.98. The van der Waals surface area contributed by atoms with Crippen molar-refractivity contribution in [1.82, 2.24) is 0 Å². The first-order valence-corrected chi connectivity index (χ1v) is 2.70. The highest BCUT2D eigenvalue weighted by atomic mass is 19.4. The van der Waals surface area contributed by atoms with Crippen molar-refractivity contribution in [1.29, 1.82) is 0 Å². The van der Waals surface area contributed by atoms with E-state index in [0.717, 1.165) is 0 Å². The Balaban J connectivity index is 4.43. The minimum Gasteiger partial charge on any atom is -0.250 e. The van der Waals surface area contributed by atoms with Crippen LogP contribution in [0.3, 0.4) is 0 Å². The highest BCUT2D eigenvalue weighted by Crippen LogP contribution is 2.37. The normalized spacial score (nSPS) is 16.6. The van der Waals surface area contributed by atoms with Crippen molar-refractivity contribution in [2.75, 3.05) is 6.67 Å². The molecule has 0 amide bonds. The highest BCUT2D eigenvalue weighted by molar-refractivity contribution is 4.78. The van der Waals surface area contributed by atoms with Gasteiger partial charge in [0, 0.05) is 6.92 Å². The average Bonchev–Trinajstić information content (AvgIpc) is 1.56. The predicted octanol–water partition coefficient (Wildman–Crippen LogP) is 2.79. The first-order valence-electron chi connectivity index (χ1n) is 2.70. The maximum absolute atomic E-state index is 11.9. The molecule has 0 aromatic carbocycles. The summed E-state index contributed by atoms with van der Waals surface area (Å²) in [4.78, 5) is 0. The predicted molar refractivity (Wildman–Crippen MR) is 26.1 cm³/mol. The Morgan fingerprint density at radius 1 is 1.09 bits per heavy atom. The van der Waals surface area contributed by atoms with Gasteiger partial charge in [0.15, 0.2) is 0 Å². The molecule has 0 aliphatic heterocycles. The van der Waals surface area contributed by atoms with E-state index in [0.29, 0.717) is 0 Å². The molecule has 0 fully saturated rings. The van der Waals surface area contributed by atoms with Gasteiger partial charge in [0.2, 0.25) is 0 Å². The standard InChI is InChI=1S/C5H6F6/c1-4(7,8)3(2-6)5(9,10)11/h3H,2H2,1H3. The largest absolute Gasteiger partial charge is 0.400 e. The SMILES string of the molecule is CC(F)(F)C(CF)C(F)(F)F. The van der Waals surface area contributed by atoms with Gasteiger partial charge >= 0.3 is 6.18 Å². The molecule has 0 spiro atoms. The smallest absolute Gasteiger partial charge is 0.250 e. The number of alkyl halides is 6. The van der Waals surface area contributed by atoms with E-state index in [1.165, 1.54) is 0 Å². The molecule has 0 aliphatic carbocycles. The second-order valence-corrected chi connectivity index (χ2v) is 2.20. The summed E-state index contributed by atoms with van der Waals surface area (Å²) < 4.78 is 69.8. The van der Waals surface area contributed by atoms with Gasteiger partial charge in [-0.1, -0.05) is 0 Å². The third-order valence-electron chi connectivity index (χ3n) is 1.16. The zero-order chi connectivity index (χ0) is 9.28. The van der Waals surface area contributed by atoms with Gasteiger partial charge < -0.3 is 0 Å². The van der Waals surface area contributed by atoms with Crippen molar-refractivity contribution < 1.29 is 26.3 Å². The summed E-state index contributed by atoms with van der Waals surface area (Å²) >= 11 is 0. The Morgan fingerprint density at radius 3 is 1.45 bits per heavy atom. The molecule has 0 rings (SSSR count). The average molecular weight is 180 g/mol. The van der Waals surface area contributed by atoms with Gasteiger partial charge in [-0.25, -0.2) is 8.78 Å². The zero-order valence-corrected chi connectivity index (χ0v) is 5.55. The van der Waals surface area contributed by atoms with Gasteiger partial charge in [-0.3, -0.25) is 4.39 Å². The molecule has 0 aromatic rings. The fourth-order valence-corrected chi connectivity index (χ4v) is 0.510. The van der Waals surface area contributed by atoms with Gasteiger partial charge in [-0.15, -0.1) is 0 Å². The molecule has 1 unspecified atom stereocenters.